The number of benzene rings is 1. The first-order chi connectivity index (χ1) is 9.95. The van der Waals surface area contributed by atoms with E-state index in [-0.39, 0.29) is 10.9 Å². The van der Waals surface area contributed by atoms with Crippen LogP contribution in [0.1, 0.15) is 12.8 Å². The molecule has 0 aromatic heterocycles. The number of nitrogens with two attached hydrogens (primary N) is 1. The molecule has 0 aliphatic carbocycles. The molecule has 7 nitrogen and oxygen atoms in total. The minimum Gasteiger partial charge on any atom is -0.381 e. The van der Waals surface area contributed by atoms with Gasteiger partial charge in [-0.1, -0.05) is 0 Å². The lowest BCUT2D eigenvalue weighted by molar-refractivity contribution is 0.0671. The second-order valence-electron chi connectivity index (χ2n) is 4.96. The number of carbonyl (C=O) groups is 1. The molecule has 116 valence electrons. The SMILES string of the molecule is NS(=O)(=O)c1ccc(NC(=O)NCC2CCOCC2)cc1. The predicted molar refractivity (Wildman–Crippen MR) is 78.4 cm³/mol. The van der Waals surface area contributed by atoms with Crippen LogP contribution in [0.15, 0.2) is 29.2 Å². The van der Waals surface area contributed by atoms with Gasteiger partial charge in [0, 0.05) is 25.4 Å². The number of hydrogen-bond acceptors (Lipinski definition) is 4. The average molecular weight is 313 g/mol. The van der Waals surface area contributed by atoms with E-state index in [0.29, 0.717) is 18.2 Å². The van der Waals surface area contributed by atoms with Crippen molar-refractivity contribution < 1.29 is 17.9 Å². The lowest BCUT2D eigenvalue weighted by Gasteiger charge is -2.22. The van der Waals surface area contributed by atoms with Crippen LogP contribution in [-0.2, 0) is 14.8 Å². The van der Waals surface area contributed by atoms with Crippen LogP contribution in [-0.4, -0.2) is 34.2 Å². The molecule has 0 saturated carbocycles. The summed E-state index contributed by atoms with van der Waals surface area (Å²) in [4.78, 5) is 11.8. The number of amides is 2. The van der Waals surface area contributed by atoms with Crippen LogP contribution in [0.4, 0.5) is 10.5 Å². The minimum absolute atomic E-state index is 0.00987. The Morgan fingerprint density at radius 3 is 2.43 bits per heavy atom. The van der Waals surface area contributed by atoms with Crippen LogP contribution in [0.2, 0.25) is 0 Å². The fourth-order valence-corrected chi connectivity index (χ4v) is 2.61. The normalized spacial score (nSPS) is 16.4. The van der Waals surface area contributed by atoms with Crippen LogP contribution in [0.3, 0.4) is 0 Å². The van der Waals surface area contributed by atoms with Crippen molar-refractivity contribution in [3.8, 4) is 0 Å². The molecule has 0 radical (unpaired) electrons. The topological polar surface area (TPSA) is 111 Å². The van der Waals surface area contributed by atoms with Gasteiger partial charge in [-0.3, -0.25) is 0 Å². The Labute approximate surface area is 123 Å². The number of nitrogens with one attached hydrogen (secondary N) is 2. The van der Waals surface area contributed by atoms with Gasteiger partial charge in [-0.2, -0.15) is 0 Å². The molecule has 0 spiro atoms. The maximum Gasteiger partial charge on any atom is 0.319 e. The fourth-order valence-electron chi connectivity index (χ4n) is 2.09. The van der Waals surface area contributed by atoms with Gasteiger partial charge >= 0.3 is 6.03 Å². The molecule has 1 aliphatic rings. The van der Waals surface area contributed by atoms with E-state index in [4.69, 9.17) is 9.88 Å². The summed E-state index contributed by atoms with van der Waals surface area (Å²) in [6.07, 6.45) is 1.90. The van der Waals surface area contributed by atoms with Crippen molar-refractivity contribution in [1.82, 2.24) is 5.32 Å². The molecule has 21 heavy (non-hydrogen) atoms. The Hall–Kier alpha value is -1.64. The summed E-state index contributed by atoms with van der Waals surface area (Å²) in [5.74, 6) is 0.439. The van der Waals surface area contributed by atoms with Crippen molar-refractivity contribution in [2.75, 3.05) is 25.1 Å². The van der Waals surface area contributed by atoms with Gasteiger partial charge in [0.1, 0.15) is 0 Å². The van der Waals surface area contributed by atoms with Crippen LogP contribution < -0.4 is 15.8 Å². The Bertz CT molecular complexity index is 580. The van der Waals surface area contributed by atoms with Gasteiger partial charge in [0.25, 0.3) is 0 Å². The monoisotopic (exact) mass is 313 g/mol. The zero-order chi connectivity index (χ0) is 15.3. The first-order valence-corrected chi connectivity index (χ1v) is 8.25. The third kappa shape index (κ3) is 5.00. The Morgan fingerprint density at radius 2 is 1.86 bits per heavy atom. The number of urea groups is 1. The van der Waals surface area contributed by atoms with Gasteiger partial charge in [-0.15, -0.1) is 0 Å². The Morgan fingerprint density at radius 1 is 1.24 bits per heavy atom. The number of ether oxygens (including phenoxy) is 1. The predicted octanol–water partition coefficient (Wildman–Crippen LogP) is 0.882. The average Bonchev–Trinajstić information content (AvgIpc) is 2.46. The van der Waals surface area contributed by atoms with Gasteiger partial charge in [0.15, 0.2) is 0 Å². The highest BCUT2D eigenvalue weighted by molar-refractivity contribution is 7.89. The number of sulfonamides is 1. The van der Waals surface area contributed by atoms with Crippen molar-refractivity contribution in [2.45, 2.75) is 17.7 Å². The molecule has 2 rings (SSSR count). The number of hydrogen-bond donors (Lipinski definition) is 3. The Kier molecular flexibility index (Phi) is 5.16. The largest absolute Gasteiger partial charge is 0.381 e. The molecule has 0 atom stereocenters. The van der Waals surface area contributed by atoms with Gasteiger partial charge in [0.05, 0.1) is 4.90 Å². The summed E-state index contributed by atoms with van der Waals surface area (Å²) >= 11 is 0. The van der Waals surface area contributed by atoms with Crippen molar-refractivity contribution in [2.24, 2.45) is 11.1 Å². The molecule has 0 bridgehead atoms. The molecule has 4 N–H and O–H groups in total. The molecule has 1 aliphatic heterocycles. The summed E-state index contributed by atoms with van der Waals surface area (Å²) in [7, 11) is -3.71. The first-order valence-electron chi connectivity index (χ1n) is 6.70. The zero-order valence-corrected chi connectivity index (χ0v) is 12.4. The van der Waals surface area contributed by atoms with Crippen LogP contribution in [0, 0.1) is 5.92 Å². The number of carbonyl (C=O) groups excluding carboxylic acids is 1. The van der Waals surface area contributed by atoms with Crippen LogP contribution >= 0.6 is 0 Å². The Balaban J connectivity index is 1.82. The maximum absolute atomic E-state index is 11.7. The van der Waals surface area contributed by atoms with Gasteiger partial charge in [-0.05, 0) is 43.0 Å². The molecule has 1 heterocycles. The lowest BCUT2D eigenvalue weighted by atomic mass is 10.0. The summed E-state index contributed by atoms with van der Waals surface area (Å²) in [6.45, 7) is 2.08. The number of anilines is 1. The van der Waals surface area contributed by atoms with E-state index in [0.717, 1.165) is 26.1 Å². The number of primary sulfonamides is 1. The van der Waals surface area contributed by atoms with Gasteiger partial charge < -0.3 is 15.4 Å². The molecule has 1 saturated heterocycles. The molecule has 1 aromatic carbocycles. The first kappa shape index (κ1) is 15.7. The van der Waals surface area contributed by atoms with E-state index >= 15 is 0 Å². The number of rotatable bonds is 4. The molecule has 2 amide bonds. The highest BCUT2D eigenvalue weighted by Crippen LogP contribution is 2.14. The second-order valence-corrected chi connectivity index (χ2v) is 6.52. The van der Waals surface area contributed by atoms with E-state index in [9.17, 15) is 13.2 Å². The zero-order valence-electron chi connectivity index (χ0n) is 11.5. The van der Waals surface area contributed by atoms with Crippen LogP contribution in [0.25, 0.3) is 0 Å². The summed E-state index contributed by atoms with van der Waals surface area (Å²) in [5, 5.41) is 10.4. The third-order valence-corrected chi connectivity index (χ3v) is 4.26. The van der Waals surface area contributed by atoms with Crippen molar-refractivity contribution in [1.29, 1.82) is 0 Å². The van der Waals surface area contributed by atoms with Crippen molar-refractivity contribution >= 4 is 21.7 Å². The quantitative estimate of drug-likeness (QED) is 0.766. The summed E-state index contributed by atoms with van der Waals surface area (Å²) in [6, 6.07) is 5.37. The van der Waals surface area contributed by atoms with Crippen LogP contribution in [0.5, 0.6) is 0 Å². The maximum atomic E-state index is 11.7. The fraction of sp³-hybridized carbons (Fsp3) is 0.462. The molecule has 8 heteroatoms. The third-order valence-electron chi connectivity index (χ3n) is 3.33. The van der Waals surface area contributed by atoms with Crippen molar-refractivity contribution in [3.63, 3.8) is 0 Å². The smallest absolute Gasteiger partial charge is 0.319 e. The van der Waals surface area contributed by atoms with Gasteiger partial charge in [-0.25, -0.2) is 18.4 Å². The molecular formula is C13H19N3O4S. The minimum atomic E-state index is -3.71. The standard InChI is InChI=1S/C13H19N3O4S/c14-21(18,19)12-3-1-11(2-4-12)16-13(17)15-9-10-5-7-20-8-6-10/h1-4,10H,5-9H2,(H2,14,18,19)(H2,15,16,17). The van der Waals surface area contributed by atoms with E-state index in [1.54, 1.807) is 0 Å². The molecule has 1 aromatic rings. The van der Waals surface area contributed by atoms with Gasteiger partial charge in [0.2, 0.25) is 10.0 Å². The summed E-state index contributed by atoms with van der Waals surface area (Å²) < 4.78 is 27.5. The lowest BCUT2D eigenvalue weighted by Crippen LogP contribution is -2.35. The van der Waals surface area contributed by atoms with Crippen molar-refractivity contribution in [3.05, 3.63) is 24.3 Å². The molecular weight excluding hydrogens is 294 g/mol. The molecule has 0 unspecified atom stereocenters. The van der Waals surface area contributed by atoms with E-state index in [2.05, 4.69) is 10.6 Å². The molecule has 1 fully saturated rings. The van der Waals surface area contributed by atoms with E-state index < -0.39 is 10.0 Å². The second kappa shape index (κ2) is 6.88. The van der Waals surface area contributed by atoms with E-state index in [1.807, 2.05) is 0 Å². The highest BCUT2D eigenvalue weighted by Gasteiger charge is 2.14. The highest BCUT2D eigenvalue weighted by atomic mass is 32.2. The summed E-state index contributed by atoms with van der Waals surface area (Å²) in [5.41, 5.74) is 0.506. The van der Waals surface area contributed by atoms with E-state index in [1.165, 1.54) is 24.3 Å².